The molecule has 1 aromatic heterocycles. The standard InChI is InChI=1S/C30H29F3N6O/c1-38-15-12-21-9-10-24(18-22(21)19-38)36-29-34-13-11-26(37-29)25(27-8-3-4-14-39(27)2)17-20-6-5-7-23(16-20)35-28(40)30(31,32)33/h3-11,13-14,16,18H,12,15,17,19H2,1-2H3,(H,35,40)(H,34,36,37)/b27-25+. The smallest absolute Gasteiger partial charge is 0.351 e. The molecule has 2 aromatic carbocycles. The number of alkyl halides is 3. The summed E-state index contributed by atoms with van der Waals surface area (Å²) in [5, 5.41) is 5.25. The summed E-state index contributed by atoms with van der Waals surface area (Å²) in [4.78, 5) is 25.0. The largest absolute Gasteiger partial charge is 0.471 e. The lowest BCUT2D eigenvalue weighted by atomic mass is 9.98. The minimum atomic E-state index is -4.97. The van der Waals surface area contributed by atoms with Crippen LogP contribution in [0.25, 0.3) is 5.57 Å². The number of likely N-dealkylation sites (N-methyl/N-ethyl adjacent to an activating group) is 2. The summed E-state index contributed by atoms with van der Waals surface area (Å²) < 4.78 is 38.4. The Morgan fingerprint density at radius 2 is 1.88 bits per heavy atom. The first-order valence-corrected chi connectivity index (χ1v) is 12.8. The van der Waals surface area contributed by atoms with Crippen molar-refractivity contribution in [3.63, 3.8) is 0 Å². The van der Waals surface area contributed by atoms with Crippen molar-refractivity contribution in [3.8, 4) is 0 Å². The van der Waals surface area contributed by atoms with E-state index < -0.39 is 12.1 Å². The lowest BCUT2D eigenvalue weighted by Crippen LogP contribution is -2.29. The van der Waals surface area contributed by atoms with Gasteiger partial charge in [0, 0.05) is 61.6 Å². The maximum Gasteiger partial charge on any atom is 0.471 e. The molecule has 3 heterocycles. The molecular formula is C30H29F3N6O. The number of nitrogens with zero attached hydrogens (tertiary/aromatic N) is 4. The fraction of sp³-hybridized carbons (Fsp3) is 0.233. The maximum atomic E-state index is 12.8. The number of nitrogens with one attached hydrogen (secondary N) is 2. The molecule has 0 unspecified atom stereocenters. The number of rotatable bonds is 6. The van der Waals surface area contributed by atoms with Gasteiger partial charge in [0.25, 0.3) is 0 Å². The fourth-order valence-corrected chi connectivity index (χ4v) is 4.81. The number of amides is 1. The Morgan fingerprint density at radius 1 is 1.02 bits per heavy atom. The van der Waals surface area contributed by atoms with Crippen LogP contribution in [0.2, 0.25) is 0 Å². The van der Waals surface area contributed by atoms with E-state index in [2.05, 4.69) is 34.4 Å². The first-order valence-electron chi connectivity index (χ1n) is 12.8. The summed E-state index contributed by atoms with van der Waals surface area (Å²) >= 11 is 0. The minimum Gasteiger partial charge on any atom is -0.351 e. The van der Waals surface area contributed by atoms with E-state index in [0.29, 0.717) is 23.6 Å². The molecule has 0 atom stereocenters. The Labute approximate surface area is 230 Å². The molecule has 1 amide bonds. The van der Waals surface area contributed by atoms with Gasteiger partial charge in [-0.05, 0) is 72.6 Å². The van der Waals surface area contributed by atoms with E-state index in [1.165, 1.54) is 23.3 Å². The molecule has 7 nitrogen and oxygen atoms in total. The van der Waals surface area contributed by atoms with E-state index in [0.717, 1.165) is 36.5 Å². The highest BCUT2D eigenvalue weighted by Gasteiger charge is 2.38. The zero-order valence-electron chi connectivity index (χ0n) is 22.2. The highest BCUT2D eigenvalue weighted by atomic mass is 19.4. The van der Waals surface area contributed by atoms with Gasteiger partial charge in [-0.25, -0.2) is 9.97 Å². The normalized spacial score (nSPS) is 16.5. The molecule has 5 rings (SSSR count). The zero-order chi connectivity index (χ0) is 28.3. The predicted molar refractivity (Wildman–Crippen MR) is 150 cm³/mol. The SMILES string of the molecule is CN1CCc2ccc(Nc3nccc(/C(Cc4cccc(NC(=O)C(F)(F)F)c4)=C4\C=CC=CN4C)n3)cc2C1. The van der Waals surface area contributed by atoms with E-state index in [9.17, 15) is 18.0 Å². The van der Waals surface area contributed by atoms with Crippen molar-refractivity contribution >= 4 is 28.8 Å². The van der Waals surface area contributed by atoms with Crippen LogP contribution in [0.5, 0.6) is 0 Å². The molecule has 0 fully saturated rings. The maximum absolute atomic E-state index is 12.8. The zero-order valence-corrected chi connectivity index (χ0v) is 22.2. The highest BCUT2D eigenvalue weighted by molar-refractivity contribution is 5.95. The van der Waals surface area contributed by atoms with Crippen LogP contribution in [-0.4, -0.2) is 52.5 Å². The molecule has 0 radical (unpaired) electrons. The van der Waals surface area contributed by atoms with E-state index in [4.69, 9.17) is 4.98 Å². The second-order valence-corrected chi connectivity index (χ2v) is 9.87. The number of halogens is 3. The molecule has 3 aromatic rings. The van der Waals surface area contributed by atoms with Crippen molar-refractivity contribution in [1.82, 2.24) is 19.8 Å². The number of carbonyl (C=O) groups excluding carboxylic acids is 1. The van der Waals surface area contributed by atoms with Gasteiger partial charge in [0.15, 0.2) is 0 Å². The van der Waals surface area contributed by atoms with Crippen LogP contribution < -0.4 is 10.6 Å². The summed E-state index contributed by atoms with van der Waals surface area (Å²) in [7, 11) is 4.02. The van der Waals surface area contributed by atoms with Gasteiger partial charge in [-0.3, -0.25) is 4.79 Å². The third-order valence-electron chi connectivity index (χ3n) is 6.82. The molecule has 10 heteroatoms. The van der Waals surface area contributed by atoms with Crippen LogP contribution in [0.15, 0.2) is 84.9 Å². The van der Waals surface area contributed by atoms with E-state index in [1.807, 2.05) is 53.8 Å². The molecule has 206 valence electrons. The monoisotopic (exact) mass is 546 g/mol. The Morgan fingerprint density at radius 3 is 2.67 bits per heavy atom. The van der Waals surface area contributed by atoms with Crippen LogP contribution in [0.1, 0.15) is 22.4 Å². The third kappa shape index (κ3) is 6.40. The van der Waals surface area contributed by atoms with Crippen molar-refractivity contribution in [2.75, 3.05) is 31.3 Å². The Balaban J connectivity index is 1.44. The van der Waals surface area contributed by atoms with Gasteiger partial charge in [0.2, 0.25) is 5.95 Å². The first-order chi connectivity index (χ1) is 19.2. The Bertz CT molecular complexity index is 1510. The molecule has 0 saturated heterocycles. The molecular weight excluding hydrogens is 517 g/mol. The van der Waals surface area contributed by atoms with Crippen molar-refractivity contribution in [2.24, 2.45) is 0 Å². The predicted octanol–water partition coefficient (Wildman–Crippen LogP) is 5.68. The lowest BCUT2D eigenvalue weighted by molar-refractivity contribution is -0.167. The minimum absolute atomic E-state index is 0.0692. The van der Waals surface area contributed by atoms with Crippen LogP contribution in [0, 0.1) is 0 Å². The van der Waals surface area contributed by atoms with Crippen molar-refractivity contribution in [3.05, 3.63) is 107 Å². The molecule has 0 saturated carbocycles. The van der Waals surface area contributed by atoms with Gasteiger partial charge in [-0.1, -0.05) is 24.3 Å². The fourth-order valence-electron chi connectivity index (χ4n) is 4.81. The van der Waals surface area contributed by atoms with Crippen molar-refractivity contribution in [2.45, 2.75) is 25.6 Å². The van der Waals surface area contributed by atoms with Gasteiger partial charge in [-0.15, -0.1) is 0 Å². The molecule has 2 aliphatic heterocycles. The van der Waals surface area contributed by atoms with E-state index >= 15 is 0 Å². The number of hydrogen-bond donors (Lipinski definition) is 2. The number of anilines is 3. The van der Waals surface area contributed by atoms with Crippen LogP contribution >= 0.6 is 0 Å². The summed E-state index contributed by atoms with van der Waals surface area (Å²) in [5.74, 6) is -1.58. The topological polar surface area (TPSA) is 73.4 Å². The van der Waals surface area contributed by atoms with Gasteiger partial charge >= 0.3 is 12.1 Å². The second kappa shape index (κ2) is 11.4. The number of hydrogen-bond acceptors (Lipinski definition) is 6. The number of carbonyl (C=O) groups is 1. The third-order valence-corrected chi connectivity index (χ3v) is 6.82. The summed E-state index contributed by atoms with van der Waals surface area (Å²) in [6.45, 7) is 1.93. The Hall–Kier alpha value is -4.44. The molecule has 0 spiro atoms. The summed E-state index contributed by atoms with van der Waals surface area (Å²) in [6.07, 6.45) is 5.79. The van der Waals surface area contributed by atoms with E-state index in [1.54, 1.807) is 18.3 Å². The number of aromatic nitrogens is 2. The molecule has 2 N–H and O–H groups in total. The van der Waals surface area contributed by atoms with Gasteiger partial charge < -0.3 is 20.4 Å². The van der Waals surface area contributed by atoms with Crippen LogP contribution in [0.3, 0.4) is 0 Å². The average Bonchev–Trinajstić information content (AvgIpc) is 2.92. The molecule has 0 aliphatic carbocycles. The summed E-state index contributed by atoms with van der Waals surface area (Å²) in [5.41, 5.74) is 6.70. The average molecular weight is 547 g/mol. The number of fused-ring (bicyclic) bond motifs is 1. The quantitative estimate of drug-likeness (QED) is 0.415. The lowest BCUT2D eigenvalue weighted by Gasteiger charge is -2.25. The molecule has 40 heavy (non-hydrogen) atoms. The van der Waals surface area contributed by atoms with Crippen LogP contribution in [0.4, 0.5) is 30.5 Å². The molecule has 2 aliphatic rings. The van der Waals surface area contributed by atoms with Crippen molar-refractivity contribution in [1.29, 1.82) is 0 Å². The highest BCUT2D eigenvalue weighted by Crippen LogP contribution is 2.29. The molecule has 0 bridgehead atoms. The summed E-state index contributed by atoms with van der Waals surface area (Å²) in [6, 6.07) is 14.5. The van der Waals surface area contributed by atoms with E-state index in [-0.39, 0.29) is 5.69 Å². The second-order valence-electron chi connectivity index (χ2n) is 9.87. The van der Waals surface area contributed by atoms with Gasteiger partial charge in [0.1, 0.15) is 0 Å². The Kier molecular flexibility index (Phi) is 7.70. The number of allylic oxidation sites excluding steroid dienone is 4. The van der Waals surface area contributed by atoms with Crippen molar-refractivity contribution < 1.29 is 18.0 Å². The van der Waals surface area contributed by atoms with Gasteiger partial charge in [-0.2, -0.15) is 13.2 Å². The number of benzene rings is 2. The van der Waals surface area contributed by atoms with Crippen LogP contribution in [-0.2, 0) is 24.2 Å². The van der Waals surface area contributed by atoms with Gasteiger partial charge in [0.05, 0.1) is 5.69 Å². The first kappa shape index (κ1) is 27.1.